The van der Waals surface area contributed by atoms with Gasteiger partial charge in [-0.1, -0.05) is 47.4 Å². The van der Waals surface area contributed by atoms with Gasteiger partial charge in [0.2, 0.25) is 5.91 Å². The third kappa shape index (κ3) is 4.78. The second-order valence-electron chi connectivity index (χ2n) is 18.6. The van der Waals surface area contributed by atoms with Crippen molar-refractivity contribution in [2.75, 3.05) is 32.8 Å². The first-order chi connectivity index (χ1) is 22.3. The van der Waals surface area contributed by atoms with Crippen LogP contribution in [0.5, 0.6) is 0 Å². The average Bonchev–Trinajstić information content (AvgIpc) is 3.94. The molecular formula is C38H60N2O6S. The van der Waals surface area contributed by atoms with E-state index in [1.54, 1.807) is 4.31 Å². The molecule has 0 aromatic carbocycles. The Hall–Kier alpha value is -0.710. The number of hydrogen-bond donors (Lipinski definition) is 2. The highest BCUT2D eigenvalue weighted by Gasteiger charge is 2.84. The van der Waals surface area contributed by atoms with E-state index >= 15 is 0 Å². The Kier molecular flexibility index (Phi) is 8.11. The van der Waals surface area contributed by atoms with Crippen LogP contribution in [0, 0.1) is 56.7 Å². The largest absolute Gasteiger partial charge is 0.390 e. The molecule has 0 bridgehead atoms. The number of aliphatic hydroxyl groups excluding tert-OH is 1. The lowest BCUT2D eigenvalue weighted by Crippen LogP contribution is -2.60. The second kappa shape index (κ2) is 11.4. The molecule has 8 fully saturated rings. The van der Waals surface area contributed by atoms with Gasteiger partial charge in [0.25, 0.3) is 0 Å². The van der Waals surface area contributed by atoms with Gasteiger partial charge in [0.1, 0.15) is 6.29 Å². The third-order valence-electron chi connectivity index (χ3n) is 16.4. The quantitative estimate of drug-likeness (QED) is 0.260. The Morgan fingerprint density at radius 1 is 1.06 bits per heavy atom. The van der Waals surface area contributed by atoms with E-state index in [-0.39, 0.29) is 53.3 Å². The van der Waals surface area contributed by atoms with E-state index in [2.05, 4.69) is 47.4 Å². The summed E-state index contributed by atoms with van der Waals surface area (Å²) < 4.78 is 21.5. The number of rotatable bonds is 8. The summed E-state index contributed by atoms with van der Waals surface area (Å²) in [4.78, 5) is 26.0. The topological polar surface area (TPSA) is 88.5 Å². The fraction of sp³-hybridized carbons (Fsp3) is 0.947. The Bertz CT molecular complexity index is 1260. The first-order valence-corrected chi connectivity index (χ1v) is 19.5. The van der Waals surface area contributed by atoms with E-state index in [0.29, 0.717) is 73.1 Å². The van der Waals surface area contributed by atoms with Crippen LogP contribution in [-0.2, 0) is 23.8 Å². The number of aliphatic hydroxyl groups is 1. The highest BCUT2D eigenvalue weighted by Crippen LogP contribution is 2.89. The van der Waals surface area contributed by atoms with Crippen LogP contribution in [0.15, 0.2) is 0 Å². The van der Waals surface area contributed by atoms with Gasteiger partial charge in [-0.15, -0.1) is 0 Å². The molecule has 8 rings (SSSR count). The fourth-order valence-corrected chi connectivity index (χ4v) is 14.2. The van der Waals surface area contributed by atoms with Crippen molar-refractivity contribution >= 4 is 25.0 Å². The lowest BCUT2D eigenvalue weighted by atomic mass is 9.41. The maximum atomic E-state index is 12.9. The van der Waals surface area contributed by atoms with Crippen molar-refractivity contribution in [3.63, 3.8) is 0 Å². The van der Waals surface area contributed by atoms with E-state index in [1.165, 1.54) is 38.5 Å². The minimum atomic E-state index is -0.486. The molecular weight excluding hydrogens is 612 g/mol. The number of aldehydes is 1. The number of nitrogens with zero attached hydrogens (tertiary/aromatic N) is 2. The van der Waals surface area contributed by atoms with E-state index in [9.17, 15) is 14.7 Å². The number of fused-ring (bicyclic) bond motifs is 4. The first kappa shape index (κ1) is 33.4. The summed E-state index contributed by atoms with van der Waals surface area (Å²) in [6.07, 6.45) is 12.3. The molecule has 6 aliphatic carbocycles. The average molecular weight is 673 g/mol. The number of carbonyl (C=O) groups is 2. The lowest BCUT2D eigenvalue weighted by molar-refractivity contribution is -0.248. The summed E-state index contributed by atoms with van der Waals surface area (Å²) in [5.41, 5.74) is 0.487. The van der Waals surface area contributed by atoms with Crippen molar-refractivity contribution in [1.29, 1.82) is 0 Å². The highest BCUT2D eigenvalue weighted by atomic mass is 32.1. The molecule has 2 saturated heterocycles. The molecule has 7 unspecified atom stereocenters. The lowest BCUT2D eigenvalue weighted by Gasteiger charge is -2.64. The van der Waals surface area contributed by atoms with E-state index in [0.717, 1.165) is 32.0 Å². The number of morpholine rings is 1. The van der Waals surface area contributed by atoms with E-state index in [1.807, 2.05) is 4.90 Å². The standard InChI is InChI=1S/C38H60N2O6S/c1-23-18-25(20-40(47)14-16-41)45-32-31(23)35(4)12-13-38-22-37(38)11-10-28(34(2,3)26(37)8-9-27(38)36(35,5)33(32)43)46-30-21-39(15-17-44-30)29(42)19-24-6-7-24/h16,23-28,30-33,43,47H,6-15,17-22H2,1-5H3/t23-,25?,26+,27?,28?,30+,31+,32?,33+,35?,36-,37?,38?/m1/s1. The molecule has 0 radical (unpaired) electrons. The molecule has 9 heteroatoms. The van der Waals surface area contributed by atoms with Crippen LogP contribution < -0.4 is 0 Å². The molecule has 8 aliphatic rings. The Morgan fingerprint density at radius 2 is 1.81 bits per heavy atom. The van der Waals surface area contributed by atoms with Crippen molar-refractivity contribution in [2.24, 2.45) is 56.7 Å². The normalized spacial score (nSPS) is 51.3. The van der Waals surface area contributed by atoms with Gasteiger partial charge >= 0.3 is 0 Å². The van der Waals surface area contributed by atoms with E-state index in [4.69, 9.17) is 14.2 Å². The van der Waals surface area contributed by atoms with Crippen molar-refractivity contribution < 1.29 is 28.9 Å². The monoisotopic (exact) mass is 672 g/mol. The molecule has 2 heterocycles. The van der Waals surface area contributed by atoms with Gasteiger partial charge in [-0.25, -0.2) is 4.31 Å². The summed E-state index contributed by atoms with van der Waals surface area (Å²) in [7, 11) is 0. The predicted molar refractivity (Wildman–Crippen MR) is 181 cm³/mol. The van der Waals surface area contributed by atoms with Crippen molar-refractivity contribution in [2.45, 2.75) is 136 Å². The smallest absolute Gasteiger partial charge is 0.223 e. The molecule has 264 valence electrons. The Morgan fingerprint density at radius 3 is 2.55 bits per heavy atom. The molecule has 47 heavy (non-hydrogen) atoms. The molecule has 8 nitrogen and oxygen atoms in total. The van der Waals surface area contributed by atoms with Gasteiger partial charge < -0.3 is 29.0 Å². The van der Waals surface area contributed by atoms with E-state index < -0.39 is 6.10 Å². The van der Waals surface area contributed by atoms with Crippen LogP contribution >= 0.6 is 12.8 Å². The fourth-order valence-electron chi connectivity index (χ4n) is 13.9. The van der Waals surface area contributed by atoms with Crippen LogP contribution in [0.25, 0.3) is 0 Å². The predicted octanol–water partition coefficient (Wildman–Crippen LogP) is 5.52. The van der Waals surface area contributed by atoms with Crippen molar-refractivity contribution in [1.82, 2.24) is 9.21 Å². The maximum Gasteiger partial charge on any atom is 0.223 e. The molecule has 0 aromatic heterocycles. The zero-order valence-corrected chi connectivity index (χ0v) is 30.4. The van der Waals surface area contributed by atoms with Crippen LogP contribution in [0.4, 0.5) is 0 Å². The third-order valence-corrected chi connectivity index (χ3v) is 16.7. The van der Waals surface area contributed by atoms with Gasteiger partial charge in [-0.2, -0.15) is 0 Å². The van der Waals surface area contributed by atoms with Crippen molar-refractivity contribution in [3.8, 4) is 0 Å². The molecule has 1 N–H and O–H groups in total. The van der Waals surface area contributed by atoms with Gasteiger partial charge in [-0.3, -0.25) is 4.79 Å². The maximum absolute atomic E-state index is 12.9. The minimum Gasteiger partial charge on any atom is -0.390 e. The second-order valence-corrected chi connectivity index (χ2v) is 19.2. The first-order valence-electron chi connectivity index (χ1n) is 19.1. The number of amides is 1. The van der Waals surface area contributed by atoms with Gasteiger partial charge in [0.05, 0.1) is 44.1 Å². The van der Waals surface area contributed by atoms with Crippen LogP contribution in [0.1, 0.15) is 105 Å². The molecule has 0 aromatic rings. The zero-order chi connectivity index (χ0) is 33.1. The number of thiol groups is 1. The van der Waals surface area contributed by atoms with Gasteiger partial charge in [0.15, 0.2) is 6.29 Å². The van der Waals surface area contributed by atoms with Gasteiger partial charge in [0, 0.05) is 24.9 Å². The summed E-state index contributed by atoms with van der Waals surface area (Å²) in [6, 6.07) is 0. The summed E-state index contributed by atoms with van der Waals surface area (Å²) >= 11 is 4.52. The van der Waals surface area contributed by atoms with Crippen LogP contribution in [0.2, 0.25) is 0 Å². The number of carbonyl (C=O) groups excluding carboxylic acids is 2. The zero-order valence-electron chi connectivity index (χ0n) is 29.5. The van der Waals surface area contributed by atoms with Crippen molar-refractivity contribution in [3.05, 3.63) is 0 Å². The molecule has 6 saturated carbocycles. The molecule has 2 spiro atoms. The van der Waals surface area contributed by atoms with Gasteiger partial charge in [-0.05, 0) is 115 Å². The summed E-state index contributed by atoms with van der Waals surface area (Å²) in [6.45, 7) is 14.9. The Balaban J connectivity index is 0.991. The molecule has 2 aliphatic heterocycles. The minimum absolute atomic E-state index is 0.0183. The number of ether oxygens (including phenoxy) is 3. The Labute approximate surface area is 287 Å². The SMILES string of the molecule is C[C@@H]1CC(CN(S)CC=O)OC2[C@H]1C1(C)CCC34CC35CCC(O[C@H]3CN(C(=O)CC6CC6)CCO3)C(C)(C)[C@@H]5CCC4[C@]1(C)[C@H]2O. The van der Waals surface area contributed by atoms with Crippen LogP contribution in [-0.4, -0.2) is 90.0 Å². The van der Waals surface area contributed by atoms with Crippen LogP contribution in [0.3, 0.4) is 0 Å². The highest BCUT2D eigenvalue weighted by molar-refractivity contribution is 7.77. The molecule has 13 atom stereocenters. The molecule has 1 amide bonds. The summed E-state index contributed by atoms with van der Waals surface area (Å²) in [5.74, 6) is 2.75. The number of hydrogen-bond acceptors (Lipinski definition) is 8. The summed E-state index contributed by atoms with van der Waals surface area (Å²) in [5, 5.41) is 12.4.